The monoisotopic (exact) mass is 237 g/mol. The van der Waals surface area contributed by atoms with Gasteiger partial charge in [0.2, 0.25) is 0 Å². The number of aromatic nitrogens is 1. The van der Waals surface area contributed by atoms with Crippen molar-refractivity contribution in [3.8, 4) is 11.3 Å². The fourth-order valence-corrected chi connectivity index (χ4v) is 1.41. The zero-order chi connectivity index (χ0) is 13.5. The minimum Gasteiger partial charge on any atom is -0.349 e. The van der Waals surface area contributed by atoms with Crippen molar-refractivity contribution in [3.63, 3.8) is 0 Å². The molecule has 1 radical (unpaired) electrons. The van der Waals surface area contributed by atoms with E-state index < -0.39 is 0 Å². The van der Waals surface area contributed by atoms with Crippen LogP contribution >= 0.6 is 0 Å². The molecule has 0 aliphatic carbocycles. The summed E-state index contributed by atoms with van der Waals surface area (Å²) in [7, 11) is 1.12. The van der Waals surface area contributed by atoms with Gasteiger partial charge in [-0.1, -0.05) is 30.3 Å². The lowest BCUT2D eigenvalue weighted by Crippen LogP contribution is -2.13. The molecule has 0 amide bonds. The van der Waals surface area contributed by atoms with Crippen molar-refractivity contribution in [2.75, 3.05) is 0 Å². The van der Waals surface area contributed by atoms with Crippen LogP contribution in [0.15, 0.2) is 53.8 Å². The Morgan fingerprint density at radius 2 is 2.11 bits per heavy atom. The van der Waals surface area contributed by atoms with Crippen molar-refractivity contribution >= 4 is 19.8 Å². The third-order valence-electron chi connectivity index (χ3n) is 2.24. The molecule has 0 aliphatic rings. The minimum atomic E-state index is 0.0608. The first kappa shape index (κ1) is 10.7. The molecule has 1 N–H and O–H groups in total. The summed E-state index contributed by atoms with van der Waals surface area (Å²) in [5.74, 6) is 0. The van der Waals surface area contributed by atoms with E-state index in [2.05, 4.69) is 15.4 Å². The zero-order valence-electron chi connectivity index (χ0n) is 10.6. The molecule has 1 aromatic heterocycles. The van der Waals surface area contributed by atoms with Crippen LogP contribution in [-0.4, -0.2) is 24.8 Å². The number of pyridine rings is 1. The Morgan fingerprint density at radius 3 is 2.78 bits per heavy atom. The van der Waals surface area contributed by atoms with Gasteiger partial charge < -0.3 is 10.1 Å². The van der Waals surface area contributed by atoms with Crippen molar-refractivity contribution in [1.82, 2.24) is 10.3 Å². The van der Waals surface area contributed by atoms with Crippen LogP contribution in [0.3, 0.4) is 0 Å². The van der Waals surface area contributed by atoms with Crippen LogP contribution in [0.4, 0.5) is 0 Å². The summed E-state index contributed by atoms with van der Waals surface area (Å²) in [6.45, 7) is 0. The average Bonchev–Trinajstić information content (AvgIpc) is 2.48. The van der Waals surface area contributed by atoms with Gasteiger partial charge in [-0.05, 0) is 17.7 Å². The molecule has 4 nitrogen and oxygen atoms in total. The van der Waals surface area contributed by atoms with Gasteiger partial charge >= 0.3 is 7.41 Å². The van der Waals surface area contributed by atoms with Crippen LogP contribution in [0.2, 0.25) is 0 Å². The second kappa shape index (κ2) is 6.34. The van der Waals surface area contributed by atoms with E-state index in [4.69, 9.17) is 1.37 Å². The maximum Gasteiger partial charge on any atom is 0.346 e. The van der Waals surface area contributed by atoms with E-state index in [0.29, 0.717) is 11.7 Å². The summed E-state index contributed by atoms with van der Waals surface area (Å²) in [5, 5.41) is 6.09. The van der Waals surface area contributed by atoms with Gasteiger partial charge in [-0.2, -0.15) is 0 Å². The number of carbonyl (C=O) groups excluding carboxylic acids is 1. The van der Waals surface area contributed by atoms with Crippen LogP contribution in [0.5, 0.6) is 0 Å². The number of carbonyl (C=O) groups is 1. The highest BCUT2D eigenvalue weighted by Gasteiger charge is 1.97. The molecule has 0 spiro atoms. The van der Waals surface area contributed by atoms with Gasteiger partial charge in [0.25, 0.3) is 0 Å². The molecule has 0 aliphatic heterocycles. The van der Waals surface area contributed by atoms with Crippen LogP contribution in [0.1, 0.15) is 6.93 Å². The van der Waals surface area contributed by atoms with E-state index in [-0.39, 0.29) is 6.19 Å². The number of rotatable bonds is 5. The van der Waals surface area contributed by atoms with Crippen molar-refractivity contribution in [1.29, 1.82) is 0 Å². The minimum absolute atomic E-state index is 0.0608. The molecule has 18 heavy (non-hydrogen) atoms. The van der Waals surface area contributed by atoms with E-state index >= 15 is 0 Å². The SMILES string of the molecule is [2H]/C(=N\N[B]C=O)c1ccc(-c2ccccn2)cc1. The van der Waals surface area contributed by atoms with Gasteiger partial charge in [0.15, 0.2) is 0 Å². The molecule has 2 aromatic rings. The summed E-state index contributed by atoms with van der Waals surface area (Å²) in [5.41, 5.74) is 2.51. The third-order valence-corrected chi connectivity index (χ3v) is 2.24. The van der Waals surface area contributed by atoms with Gasteiger partial charge in [-0.3, -0.25) is 4.98 Å². The molecule has 0 atom stereocenters. The highest BCUT2D eigenvalue weighted by atomic mass is 16.1. The van der Waals surface area contributed by atoms with Gasteiger partial charge in [-0.15, -0.1) is 0 Å². The molecule has 0 saturated carbocycles. The van der Waals surface area contributed by atoms with Crippen molar-refractivity contribution in [3.05, 3.63) is 54.2 Å². The number of hydrazone groups is 1. The number of nitrogens with one attached hydrogen (secondary N) is 1. The second-order valence-corrected chi connectivity index (χ2v) is 3.45. The van der Waals surface area contributed by atoms with E-state index in [9.17, 15) is 4.79 Å². The fraction of sp³-hybridized carbons (Fsp3) is 0. The molecule has 2 rings (SSSR count). The Labute approximate surface area is 107 Å². The smallest absolute Gasteiger partial charge is 0.346 e. The summed E-state index contributed by atoms with van der Waals surface area (Å²) < 4.78 is 7.70. The average molecular weight is 237 g/mol. The molecule has 0 saturated heterocycles. The topological polar surface area (TPSA) is 54.4 Å². The number of benzene rings is 1. The van der Waals surface area contributed by atoms with Crippen molar-refractivity contribution < 1.29 is 6.17 Å². The molecule has 1 heterocycles. The normalized spacial score (nSPS) is 11.6. The Bertz CT molecular complexity index is 572. The first-order valence-electron chi connectivity index (χ1n) is 5.90. The van der Waals surface area contributed by atoms with Gasteiger partial charge in [0, 0.05) is 11.8 Å². The lowest BCUT2D eigenvalue weighted by Gasteiger charge is -2.00. The van der Waals surface area contributed by atoms with E-state index in [1.807, 2.05) is 30.3 Å². The second-order valence-electron chi connectivity index (χ2n) is 3.45. The van der Waals surface area contributed by atoms with E-state index in [1.54, 1.807) is 18.3 Å². The molecule has 0 bridgehead atoms. The Balaban J connectivity index is 2.14. The Morgan fingerprint density at radius 1 is 1.28 bits per heavy atom. The van der Waals surface area contributed by atoms with Crippen LogP contribution < -0.4 is 5.34 Å². The predicted molar refractivity (Wildman–Crippen MR) is 72.9 cm³/mol. The highest BCUT2D eigenvalue weighted by Crippen LogP contribution is 2.15. The van der Waals surface area contributed by atoms with Gasteiger partial charge in [-0.25, -0.2) is 5.10 Å². The quantitative estimate of drug-likeness (QED) is 0.282. The van der Waals surface area contributed by atoms with Crippen LogP contribution in [-0.2, 0) is 4.79 Å². The summed E-state index contributed by atoms with van der Waals surface area (Å²) in [6.07, 6.45) is 2.37. The Kier molecular flexibility index (Phi) is 3.78. The van der Waals surface area contributed by atoms with E-state index in [0.717, 1.165) is 18.7 Å². The number of hydrogen-bond acceptors (Lipinski definition) is 4. The predicted octanol–water partition coefficient (Wildman–Crippen LogP) is 1.48. The maximum absolute atomic E-state index is 10.1. The molecular weight excluding hydrogens is 225 g/mol. The summed E-state index contributed by atoms with van der Waals surface area (Å²) >= 11 is 0. The summed E-state index contributed by atoms with van der Waals surface area (Å²) in [6, 6.07) is 13.0. The van der Waals surface area contributed by atoms with Crippen LogP contribution in [0, 0.1) is 0 Å². The number of hydrogen-bond donors (Lipinski definition) is 1. The lowest BCUT2D eigenvalue weighted by molar-refractivity contribution is 0.568. The molecule has 87 valence electrons. The Hall–Kier alpha value is -2.43. The van der Waals surface area contributed by atoms with Crippen LogP contribution in [0.25, 0.3) is 11.3 Å². The standard InChI is InChI=1S/C13H11BN3O/c18-10-14-17-16-9-11-4-6-12(7-5-11)13-3-1-2-8-15-13/h1-10,17H/b16-9+/i9D. The molecule has 0 unspecified atom stereocenters. The van der Waals surface area contributed by atoms with Crippen molar-refractivity contribution in [2.45, 2.75) is 0 Å². The first-order chi connectivity index (χ1) is 9.31. The van der Waals surface area contributed by atoms with E-state index in [1.165, 1.54) is 0 Å². The zero-order valence-corrected chi connectivity index (χ0v) is 9.58. The molecule has 5 heteroatoms. The number of nitrogens with zero attached hydrogens (tertiary/aromatic N) is 2. The highest BCUT2D eigenvalue weighted by molar-refractivity contribution is 6.64. The van der Waals surface area contributed by atoms with Crippen molar-refractivity contribution in [2.24, 2.45) is 5.10 Å². The maximum atomic E-state index is 10.1. The molecule has 1 aromatic carbocycles. The molecular formula is C13H11BN3O. The largest absolute Gasteiger partial charge is 0.349 e. The van der Waals surface area contributed by atoms with Gasteiger partial charge in [0.05, 0.1) is 13.3 Å². The summed E-state index contributed by atoms with van der Waals surface area (Å²) in [4.78, 5) is 14.3. The third kappa shape index (κ3) is 3.28. The first-order valence-corrected chi connectivity index (χ1v) is 5.40. The van der Waals surface area contributed by atoms with Gasteiger partial charge in [0.1, 0.15) is 6.19 Å². The fourth-order valence-electron chi connectivity index (χ4n) is 1.41. The molecule has 0 fully saturated rings. The lowest BCUT2D eigenvalue weighted by atomic mass is 10.0.